The Morgan fingerprint density at radius 1 is 1.00 bits per heavy atom. The molecule has 0 aliphatic carbocycles. The van der Waals surface area contributed by atoms with Crippen LogP contribution in [0.4, 0.5) is 0 Å². The summed E-state index contributed by atoms with van der Waals surface area (Å²) in [5, 5.41) is 9.51. The Hall–Kier alpha value is -3.52. The third-order valence-corrected chi connectivity index (χ3v) is 7.07. The van der Waals surface area contributed by atoms with Crippen molar-refractivity contribution >= 4 is 63.7 Å². The van der Waals surface area contributed by atoms with Crippen LogP contribution in [0.5, 0.6) is 5.75 Å². The van der Waals surface area contributed by atoms with Crippen molar-refractivity contribution in [1.29, 1.82) is 0 Å². The molecule has 2 N–H and O–H groups in total. The predicted molar refractivity (Wildman–Crippen MR) is 162 cm³/mol. The summed E-state index contributed by atoms with van der Waals surface area (Å²) in [4.78, 5) is 25.5. The van der Waals surface area contributed by atoms with E-state index in [1.54, 1.807) is 36.5 Å². The fourth-order valence-corrected chi connectivity index (χ4v) is 4.65. The first kappa shape index (κ1) is 29.5. The highest BCUT2D eigenvalue weighted by Crippen LogP contribution is 2.25. The van der Waals surface area contributed by atoms with Crippen molar-refractivity contribution in [2.45, 2.75) is 32.9 Å². The van der Waals surface area contributed by atoms with Gasteiger partial charge in [-0.1, -0.05) is 72.9 Å². The van der Waals surface area contributed by atoms with E-state index in [4.69, 9.17) is 39.5 Å². The smallest absolute Gasteiger partial charge is 0.262 e. The Labute approximate surface area is 248 Å². The summed E-state index contributed by atoms with van der Waals surface area (Å²) in [5.41, 5.74) is 5.41. The number of halogens is 3. The first-order chi connectivity index (χ1) is 19.2. The molecular formula is C30H29Cl3N4O3. The number of benzene rings is 3. The number of ether oxygens (including phenoxy) is 1. The molecule has 0 aliphatic rings. The Morgan fingerprint density at radius 3 is 2.48 bits per heavy atom. The molecule has 0 saturated heterocycles. The van der Waals surface area contributed by atoms with Crippen molar-refractivity contribution in [2.75, 3.05) is 6.61 Å². The summed E-state index contributed by atoms with van der Waals surface area (Å²) in [6, 6.07) is 19.4. The van der Waals surface area contributed by atoms with Crippen molar-refractivity contribution in [3.8, 4) is 5.75 Å². The molecule has 4 rings (SSSR count). The minimum Gasteiger partial charge on any atom is -0.484 e. The summed E-state index contributed by atoms with van der Waals surface area (Å²) in [7, 11) is 0. The van der Waals surface area contributed by atoms with Gasteiger partial charge in [-0.2, -0.15) is 5.10 Å². The van der Waals surface area contributed by atoms with Gasteiger partial charge in [0.2, 0.25) is 0 Å². The molecule has 2 amide bonds. The third kappa shape index (κ3) is 8.01. The lowest BCUT2D eigenvalue weighted by Gasteiger charge is -2.19. The van der Waals surface area contributed by atoms with Crippen LogP contribution in [-0.4, -0.2) is 35.2 Å². The van der Waals surface area contributed by atoms with Gasteiger partial charge in [-0.05, 0) is 60.4 Å². The van der Waals surface area contributed by atoms with Crippen LogP contribution in [0.15, 0.2) is 78.0 Å². The molecule has 0 bridgehead atoms. The third-order valence-electron chi connectivity index (χ3n) is 6.08. The van der Waals surface area contributed by atoms with E-state index in [0.717, 1.165) is 22.0 Å². The molecule has 0 spiro atoms. The number of amides is 2. The second-order valence-electron chi connectivity index (χ2n) is 9.70. The first-order valence-corrected chi connectivity index (χ1v) is 13.9. The van der Waals surface area contributed by atoms with E-state index in [1.807, 2.05) is 56.4 Å². The second kappa shape index (κ2) is 13.7. The number of hydrazone groups is 1. The van der Waals surface area contributed by atoms with Gasteiger partial charge < -0.3 is 14.6 Å². The fourth-order valence-electron chi connectivity index (χ4n) is 4.21. The minimum atomic E-state index is -0.769. The fraction of sp³-hybridized carbons (Fsp3) is 0.233. The molecule has 10 heteroatoms. The van der Waals surface area contributed by atoms with E-state index in [9.17, 15) is 9.59 Å². The number of rotatable bonds is 11. The number of aromatic nitrogens is 1. The van der Waals surface area contributed by atoms with Gasteiger partial charge >= 0.3 is 0 Å². The van der Waals surface area contributed by atoms with E-state index >= 15 is 0 Å². The van der Waals surface area contributed by atoms with Gasteiger partial charge in [-0.3, -0.25) is 9.59 Å². The molecule has 7 nitrogen and oxygen atoms in total. The average molecular weight is 600 g/mol. The number of nitrogens with one attached hydrogen (secondary N) is 2. The molecule has 1 aromatic heterocycles. The van der Waals surface area contributed by atoms with Gasteiger partial charge in [-0.15, -0.1) is 0 Å². The van der Waals surface area contributed by atoms with Crippen LogP contribution < -0.4 is 15.5 Å². The number of carbonyl (C=O) groups is 2. The zero-order valence-electron chi connectivity index (χ0n) is 22.0. The molecule has 208 valence electrons. The van der Waals surface area contributed by atoms with E-state index in [-0.39, 0.29) is 12.5 Å². The van der Waals surface area contributed by atoms with Crippen LogP contribution in [0.1, 0.15) is 31.4 Å². The molecule has 0 radical (unpaired) electrons. The second-order valence-corrected chi connectivity index (χ2v) is 11.0. The van der Waals surface area contributed by atoms with Crippen molar-refractivity contribution in [1.82, 2.24) is 15.3 Å². The van der Waals surface area contributed by atoms with Crippen LogP contribution in [-0.2, 0) is 16.1 Å². The predicted octanol–water partition coefficient (Wildman–Crippen LogP) is 6.71. The normalized spacial score (nSPS) is 12.2. The van der Waals surface area contributed by atoms with Gasteiger partial charge in [0.1, 0.15) is 11.8 Å². The Balaban J connectivity index is 1.42. The van der Waals surface area contributed by atoms with Gasteiger partial charge in [0.15, 0.2) is 6.61 Å². The maximum atomic E-state index is 13.0. The minimum absolute atomic E-state index is 0.163. The summed E-state index contributed by atoms with van der Waals surface area (Å²) in [6.07, 6.45) is 4.00. The van der Waals surface area contributed by atoms with E-state index in [2.05, 4.69) is 20.4 Å². The maximum absolute atomic E-state index is 13.0. The molecule has 40 heavy (non-hydrogen) atoms. The molecule has 3 aromatic carbocycles. The van der Waals surface area contributed by atoms with E-state index in [1.165, 1.54) is 0 Å². The Morgan fingerprint density at radius 2 is 1.75 bits per heavy atom. The standard InChI is InChI=1S/C30H29Cl3N4O3/c1-19(2)13-27(35-29(38)18-40-23-10-8-22(31)9-11-23)30(39)36-34-15-21-17-37(28-6-4-3-5-24(21)28)16-20-7-12-25(32)26(33)14-20/h3-12,14-15,17,19,27H,13,16,18H2,1-2H3,(H,35,38)(H,36,39)/b34-15-/t27-/m0/s1. The number of hydrogen-bond donors (Lipinski definition) is 2. The van der Waals surface area contributed by atoms with Crippen molar-refractivity contribution in [3.05, 3.63) is 99.1 Å². The molecule has 4 aromatic rings. The molecule has 0 aliphatic heterocycles. The summed E-state index contributed by atoms with van der Waals surface area (Å²) < 4.78 is 7.58. The van der Waals surface area contributed by atoms with Crippen molar-refractivity contribution in [2.24, 2.45) is 11.0 Å². The lowest BCUT2D eigenvalue weighted by molar-refractivity contribution is -0.130. The quantitative estimate of drug-likeness (QED) is 0.148. The van der Waals surface area contributed by atoms with Crippen LogP contribution in [0.25, 0.3) is 10.9 Å². The van der Waals surface area contributed by atoms with Crippen LogP contribution in [0, 0.1) is 5.92 Å². The number of nitrogens with zero attached hydrogens (tertiary/aromatic N) is 2. The molecule has 1 atom stereocenters. The van der Waals surface area contributed by atoms with E-state index in [0.29, 0.717) is 33.8 Å². The average Bonchev–Trinajstić information content (AvgIpc) is 3.27. The summed E-state index contributed by atoms with van der Waals surface area (Å²) in [5.74, 6) is -0.154. The zero-order chi connectivity index (χ0) is 28.6. The number of hydrogen-bond acceptors (Lipinski definition) is 4. The topological polar surface area (TPSA) is 84.7 Å². The monoisotopic (exact) mass is 598 g/mol. The first-order valence-electron chi connectivity index (χ1n) is 12.7. The highest BCUT2D eigenvalue weighted by Gasteiger charge is 2.22. The van der Waals surface area contributed by atoms with Gasteiger partial charge in [0.05, 0.1) is 16.3 Å². The SMILES string of the molecule is CC(C)C[C@H](NC(=O)COc1ccc(Cl)cc1)C(=O)N/N=C\c1cn(Cc2ccc(Cl)c(Cl)c2)c2ccccc12. The van der Waals surface area contributed by atoms with E-state index < -0.39 is 17.9 Å². The van der Waals surface area contributed by atoms with Gasteiger partial charge in [-0.25, -0.2) is 5.43 Å². The van der Waals surface area contributed by atoms with Crippen LogP contribution in [0.3, 0.4) is 0 Å². The molecule has 0 unspecified atom stereocenters. The summed E-state index contributed by atoms with van der Waals surface area (Å²) >= 11 is 18.1. The maximum Gasteiger partial charge on any atom is 0.262 e. The zero-order valence-corrected chi connectivity index (χ0v) is 24.3. The molecule has 1 heterocycles. The highest BCUT2D eigenvalue weighted by molar-refractivity contribution is 6.42. The highest BCUT2D eigenvalue weighted by atomic mass is 35.5. The molecular weight excluding hydrogens is 571 g/mol. The van der Waals surface area contributed by atoms with Crippen LogP contribution >= 0.6 is 34.8 Å². The lowest BCUT2D eigenvalue weighted by Crippen LogP contribution is -2.47. The molecule has 0 fully saturated rings. The van der Waals surface area contributed by atoms with Crippen molar-refractivity contribution in [3.63, 3.8) is 0 Å². The van der Waals surface area contributed by atoms with Crippen molar-refractivity contribution < 1.29 is 14.3 Å². The number of para-hydroxylation sites is 1. The van der Waals surface area contributed by atoms with Gasteiger partial charge in [0.25, 0.3) is 11.8 Å². The lowest BCUT2D eigenvalue weighted by atomic mass is 10.0. The number of fused-ring (bicyclic) bond motifs is 1. The Bertz CT molecular complexity index is 1520. The Kier molecular flexibility index (Phi) is 10.1. The van der Waals surface area contributed by atoms with Gasteiger partial charge in [0, 0.05) is 34.2 Å². The largest absolute Gasteiger partial charge is 0.484 e. The van der Waals surface area contributed by atoms with Crippen LogP contribution in [0.2, 0.25) is 15.1 Å². The molecule has 0 saturated carbocycles. The number of carbonyl (C=O) groups excluding carboxylic acids is 2. The summed E-state index contributed by atoms with van der Waals surface area (Å²) in [6.45, 7) is 4.30.